The summed E-state index contributed by atoms with van der Waals surface area (Å²) in [6, 6.07) is 11.9. The van der Waals surface area contributed by atoms with Gasteiger partial charge in [-0.2, -0.15) is 5.26 Å². The van der Waals surface area contributed by atoms with Gasteiger partial charge in [0.15, 0.2) is 5.76 Å². The lowest BCUT2D eigenvalue weighted by atomic mass is 10.2. The highest BCUT2D eigenvalue weighted by Gasteiger charge is 2.28. The topological polar surface area (TPSA) is 89.6 Å². The zero-order valence-corrected chi connectivity index (χ0v) is 14.5. The molecule has 2 amide bonds. The molecular weight excluding hydrogens is 332 g/mol. The van der Waals surface area contributed by atoms with Gasteiger partial charge in [-0.25, -0.2) is 0 Å². The number of furan rings is 1. The van der Waals surface area contributed by atoms with Crippen LogP contribution in [0.5, 0.6) is 0 Å². The van der Waals surface area contributed by atoms with Crippen molar-refractivity contribution in [2.45, 2.75) is 13.0 Å². The number of nitrogens with one attached hydrogen (secondary N) is 1. The van der Waals surface area contributed by atoms with Crippen molar-refractivity contribution in [2.24, 2.45) is 0 Å². The van der Waals surface area contributed by atoms with E-state index < -0.39 is 0 Å². The molecule has 0 spiro atoms. The zero-order chi connectivity index (χ0) is 18.5. The number of rotatable bonds is 4. The van der Waals surface area contributed by atoms with Crippen molar-refractivity contribution in [3.05, 3.63) is 54.0 Å². The summed E-state index contributed by atoms with van der Waals surface area (Å²) >= 11 is 0. The van der Waals surface area contributed by atoms with E-state index in [1.54, 1.807) is 41.3 Å². The highest BCUT2D eigenvalue weighted by molar-refractivity contribution is 5.95. The first-order valence-electron chi connectivity index (χ1n) is 8.46. The molecule has 0 saturated carbocycles. The lowest BCUT2D eigenvalue weighted by Gasteiger charge is -2.37. The maximum Gasteiger partial charge on any atom is 0.289 e. The highest BCUT2D eigenvalue weighted by Crippen LogP contribution is 2.14. The Morgan fingerprint density at radius 2 is 1.96 bits per heavy atom. The Kier molecular flexibility index (Phi) is 5.34. The van der Waals surface area contributed by atoms with Crippen LogP contribution in [0, 0.1) is 11.3 Å². The number of carbonyl (C=O) groups excluding carboxylic acids is 2. The molecule has 3 rings (SSSR count). The monoisotopic (exact) mass is 352 g/mol. The van der Waals surface area contributed by atoms with E-state index >= 15 is 0 Å². The number of piperazine rings is 1. The van der Waals surface area contributed by atoms with Gasteiger partial charge in [-0.15, -0.1) is 0 Å². The minimum absolute atomic E-state index is 0.125. The molecule has 134 valence electrons. The minimum Gasteiger partial charge on any atom is -0.459 e. The van der Waals surface area contributed by atoms with E-state index in [2.05, 4.69) is 11.4 Å². The third-order valence-corrected chi connectivity index (χ3v) is 4.52. The maximum absolute atomic E-state index is 12.5. The molecule has 0 aliphatic carbocycles. The molecule has 0 radical (unpaired) electrons. The highest BCUT2D eigenvalue weighted by atomic mass is 16.3. The van der Waals surface area contributed by atoms with E-state index in [4.69, 9.17) is 9.68 Å². The molecule has 1 unspecified atom stereocenters. The Morgan fingerprint density at radius 1 is 1.19 bits per heavy atom. The van der Waals surface area contributed by atoms with Crippen molar-refractivity contribution in [3.63, 3.8) is 0 Å². The number of hydrogen-bond acceptors (Lipinski definition) is 5. The molecule has 2 heterocycles. The summed E-state index contributed by atoms with van der Waals surface area (Å²) in [5, 5.41) is 11.8. The smallest absolute Gasteiger partial charge is 0.289 e. The van der Waals surface area contributed by atoms with Crippen molar-refractivity contribution < 1.29 is 14.0 Å². The first-order chi connectivity index (χ1) is 12.6. The van der Waals surface area contributed by atoms with Crippen molar-refractivity contribution >= 4 is 17.5 Å². The lowest BCUT2D eigenvalue weighted by Crippen LogP contribution is -2.54. The average Bonchev–Trinajstić information content (AvgIpc) is 3.22. The number of anilines is 1. The Balaban J connectivity index is 1.54. The second kappa shape index (κ2) is 7.85. The van der Waals surface area contributed by atoms with Gasteiger partial charge in [-0.05, 0) is 37.3 Å². The molecule has 1 atom stereocenters. The van der Waals surface area contributed by atoms with Crippen LogP contribution in [0.2, 0.25) is 0 Å². The van der Waals surface area contributed by atoms with Crippen molar-refractivity contribution in [1.29, 1.82) is 5.26 Å². The molecule has 0 bridgehead atoms. The Labute approximate surface area is 151 Å². The van der Waals surface area contributed by atoms with Gasteiger partial charge in [0.1, 0.15) is 0 Å². The van der Waals surface area contributed by atoms with Gasteiger partial charge < -0.3 is 14.6 Å². The van der Waals surface area contributed by atoms with E-state index in [0.29, 0.717) is 43.2 Å². The van der Waals surface area contributed by atoms with Crippen LogP contribution in [0.3, 0.4) is 0 Å². The second-order valence-corrected chi connectivity index (χ2v) is 6.16. The molecule has 1 aromatic carbocycles. The number of amides is 2. The summed E-state index contributed by atoms with van der Waals surface area (Å²) in [7, 11) is 0. The Morgan fingerprint density at radius 3 is 2.62 bits per heavy atom. The molecule has 1 aliphatic rings. The molecule has 1 aromatic heterocycles. The minimum atomic E-state index is -0.332. The molecule has 1 N–H and O–H groups in total. The average molecular weight is 352 g/mol. The summed E-state index contributed by atoms with van der Waals surface area (Å²) in [4.78, 5) is 28.5. The fourth-order valence-electron chi connectivity index (χ4n) is 2.95. The van der Waals surface area contributed by atoms with Gasteiger partial charge in [0.25, 0.3) is 5.91 Å². The van der Waals surface area contributed by atoms with E-state index in [1.807, 2.05) is 11.8 Å². The Hall–Kier alpha value is -3.11. The lowest BCUT2D eigenvalue weighted by molar-refractivity contribution is -0.121. The van der Waals surface area contributed by atoms with Crippen LogP contribution in [0.15, 0.2) is 47.1 Å². The van der Waals surface area contributed by atoms with Crippen molar-refractivity contribution in [3.8, 4) is 6.07 Å². The summed E-state index contributed by atoms with van der Waals surface area (Å²) in [5.41, 5.74) is 1.10. The number of carbonyl (C=O) groups is 2. The molecule has 1 aliphatic heterocycles. The van der Waals surface area contributed by atoms with Crippen LogP contribution in [0.25, 0.3) is 0 Å². The van der Waals surface area contributed by atoms with E-state index in [1.165, 1.54) is 6.26 Å². The quantitative estimate of drug-likeness (QED) is 0.908. The van der Waals surface area contributed by atoms with Gasteiger partial charge in [-0.3, -0.25) is 14.5 Å². The summed E-state index contributed by atoms with van der Waals surface area (Å²) in [5.74, 6) is 0.0765. The van der Waals surface area contributed by atoms with Crippen LogP contribution in [0.4, 0.5) is 5.69 Å². The van der Waals surface area contributed by atoms with Gasteiger partial charge in [0.05, 0.1) is 23.9 Å². The van der Waals surface area contributed by atoms with Crippen LogP contribution in [-0.4, -0.2) is 53.8 Å². The number of nitrogens with zero attached hydrogens (tertiary/aromatic N) is 3. The largest absolute Gasteiger partial charge is 0.459 e. The van der Waals surface area contributed by atoms with Crippen molar-refractivity contribution in [2.75, 3.05) is 31.5 Å². The molecule has 7 nitrogen and oxygen atoms in total. The number of benzene rings is 1. The van der Waals surface area contributed by atoms with Gasteiger partial charge >= 0.3 is 0 Å². The zero-order valence-electron chi connectivity index (χ0n) is 14.5. The molecule has 1 fully saturated rings. The standard InChI is InChI=1S/C19H20N4O3/c1-14(18(24)21-16-5-2-4-15(12-16)13-20)22-7-9-23(10-8-22)19(25)17-6-3-11-26-17/h2-6,11-12,14H,7-10H2,1H3,(H,21,24). The molecule has 26 heavy (non-hydrogen) atoms. The predicted molar refractivity (Wildman–Crippen MR) is 95.4 cm³/mol. The van der Waals surface area contributed by atoms with E-state index in [-0.39, 0.29) is 17.9 Å². The fraction of sp³-hybridized carbons (Fsp3) is 0.316. The molecule has 1 saturated heterocycles. The summed E-state index contributed by atoms with van der Waals surface area (Å²) in [6.07, 6.45) is 1.48. The van der Waals surface area contributed by atoms with Gasteiger partial charge in [0, 0.05) is 31.9 Å². The van der Waals surface area contributed by atoms with Crippen LogP contribution < -0.4 is 5.32 Å². The SMILES string of the molecule is CC(C(=O)Nc1cccc(C#N)c1)N1CCN(C(=O)c2ccco2)CC1. The number of hydrogen-bond donors (Lipinski definition) is 1. The third-order valence-electron chi connectivity index (χ3n) is 4.52. The third kappa shape index (κ3) is 3.92. The normalized spacial score (nSPS) is 15.9. The van der Waals surface area contributed by atoms with Crippen LogP contribution in [-0.2, 0) is 4.79 Å². The fourth-order valence-corrected chi connectivity index (χ4v) is 2.95. The first kappa shape index (κ1) is 17.7. The molecular formula is C19H20N4O3. The van der Waals surface area contributed by atoms with Gasteiger partial charge in [-0.1, -0.05) is 6.07 Å². The molecule has 2 aromatic rings. The van der Waals surface area contributed by atoms with Crippen LogP contribution >= 0.6 is 0 Å². The second-order valence-electron chi connectivity index (χ2n) is 6.16. The first-order valence-corrected chi connectivity index (χ1v) is 8.46. The maximum atomic E-state index is 12.5. The van der Waals surface area contributed by atoms with E-state index in [0.717, 1.165) is 0 Å². The van der Waals surface area contributed by atoms with Crippen LogP contribution in [0.1, 0.15) is 23.0 Å². The summed E-state index contributed by atoms with van der Waals surface area (Å²) in [6.45, 7) is 4.15. The Bertz CT molecular complexity index is 818. The molecule has 7 heteroatoms. The number of nitriles is 1. The van der Waals surface area contributed by atoms with Crippen molar-refractivity contribution in [1.82, 2.24) is 9.80 Å². The predicted octanol–water partition coefficient (Wildman–Crippen LogP) is 1.94. The summed E-state index contributed by atoms with van der Waals surface area (Å²) < 4.78 is 5.15. The van der Waals surface area contributed by atoms with Gasteiger partial charge in [0.2, 0.25) is 5.91 Å². The van der Waals surface area contributed by atoms with E-state index in [9.17, 15) is 9.59 Å².